The van der Waals surface area contributed by atoms with Crippen LogP contribution in [0.5, 0.6) is 0 Å². The molecule has 0 aromatic heterocycles. The first kappa shape index (κ1) is 32.2. The molecule has 0 bridgehead atoms. The number of allylic oxidation sites excluding steroid dienone is 4. The van der Waals surface area contributed by atoms with Crippen molar-refractivity contribution >= 4 is 63.6 Å². The van der Waals surface area contributed by atoms with E-state index < -0.39 is 0 Å². The van der Waals surface area contributed by atoms with Crippen LogP contribution in [0.25, 0.3) is 17.2 Å². The minimum Gasteiger partial charge on any atom is -0.0843 e. The molecule has 2 aliphatic carbocycles. The normalized spacial score (nSPS) is 13.9. The summed E-state index contributed by atoms with van der Waals surface area (Å²) in [4.78, 5) is 0. The largest absolute Gasteiger partial charge is 0.0843 e. The minimum atomic E-state index is -0.214. The van der Waals surface area contributed by atoms with Crippen molar-refractivity contribution in [3.63, 3.8) is 0 Å². The summed E-state index contributed by atoms with van der Waals surface area (Å²) >= 11 is 27.3. The van der Waals surface area contributed by atoms with Crippen LogP contribution in [-0.2, 0) is 10.8 Å². The zero-order valence-corrected chi connectivity index (χ0v) is 30.2. The summed E-state index contributed by atoms with van der Waals surface area (Å²) in [5.41, 5.74) is 11.0. The predicted molar refractivity (Wildman–Crippen MR) is 197 cm³/mol. The van der Waals surface area contributed by atoms with Gasteiger partial charge in [0, 0.05) is 20.1 Å². The molecule has 4 aromatic rings. The zero-order valence-electron chi connectivity index (χ0n) is 27.1. The van der Waals surface area contributed by atoms with Gasteiger partial charge in [0.25, 0.3) is 0 Å². The summed E-state index contributed by atoms with van der Waals surface area (Å²) in [5.74, 6) is 0. The van der Waals surface area contributed by atoms with Crippen molar-refractivity contribution in [3.8, 4) is 0 Å². The number of halogens is 4. The second-order valence-electron chi connectivity index (χ2n) is 14.4. The number of rotatable bonds is 3. The summed E-state index contributed by atoms with van der Waals surface area (Å²) in [7, 11) is 0. The SMILES string of the molecule is Cc1c(Cl)cc(Cl)cc1C(c1cc(Cl)cc(Cl)c1C)=c1c(C(C)(C)C)cc2c(c1C1=CC=CC1)C=c1ccc(C(C)(C)C)cc1=2. The van der Waals surface area contributed by atoms with Crippen molar-refractivity contribution in [2.45, 2.75) is 72.6 Å². The van der Waals surface area contributed by atoms with Gasteiger partial charge in [-0.15, -0.1) is 0 Å². The molecule has 230 valence electrons. The lowest BCUT2D eigenvalue weighted by atomic mass is 9.77. The van der Waals surface area contributed by atoms with E-state index in [2.05, 4.69) is 104 Å². The molecule has 0 heterocycles. The van der Waals surface area contributed by atoms with Gasteiger partial charge in [-0.2, -0.15) is 0 Å². The molecular weight excluding hydrogens is 634 g/mol. The summed E-state index contributed by atoms with van der Waals surface area (Å²) in [6.45, 7) is 17.8. The maximum absolute atomic E-state index is 6.87. The van der Waals surface area contributed by atoms with Crippen LogP contribution in [0.4, 0.5) is 0 Å². The van der Waals surface area contributed by atoms with Crippen molar-refractivity contribution in [3.05, 3.63) is 152 Å². The number of fused-ring (bicyclic) bond motifs is 2. The fourth-order valence-corrected chi connectivity index (χ4v) is 7.64. The number of benzene rings is 4. The Kier molecular flexibility index (Phi) is 8.23. The highest BCUT2D eigenvalue weighted by Gasteiger charge is 2.28. The van der Waals surface area contributed by atoms with E-state index in [9.17, 15) is 0 Å². The Hall–Kier alpha value is -2.74. The lowest BCUT2D eigenvalue weighted by Crippen LogP contribution is -2.29. The van der Waals surface area contributed by atoms with Gasteiger partial charge in [-0.3, -0.25) is 0 Å². The molecule has 2 aliphatic rings. The topological polar surface area (TPSA) is 0 Å². The van der Waals surface area contributed by atoms with E-state index in [-0.39, 0.29) is 10.8 Å². The van der Waals surface area contributed by atoms with E-state index in [0.717, 1.165) is 34.2 Å². The smallest absolute Gasteiger partial charge is 0.0456 e. The van der Waals surface area contributed by atoms with Gasteiger partial charge in [0.15, 0.2) is 0 Å². The molecule has 0 nitrogen and oxygen atoms in total. The molecule has 0 amide bonds. The molecular formula is C41H38Cl4. The molecule has 4 aromatic carbocycles. The van der Waals surface area contributed by atoms with Crippen molar-refractivity contribution in [1.82, 2.24) is 0 Å². The van der Waals surface area contributed by atoms with Crippen LogP contribution in [0.2, 0.25) is 20.1 Å². The maximum Gasteiger partial charge on any atom is 0.0456 e. The first-order chi connectivity index (χ1) is 21.1. The van der Waals surface area contributed by atoms with Crippen LogP contribution in [-0.4, -0.2) is 0 Å². The molecule has 0 aliphatic heterocycles. The molecule has 0 unspecified atom stereocenters. The van der Waals surface area contributed by atoms with Gasteiger partial charge in [0.2, 0.25) is 0 Å². The Bertz CT molecular complexity index is 2140. The van der Waals surface area contributed by atoms with Crippen LogP contribution in [0, 0.1) is 24.3 Å². The average molecular weight is 673 g/mol. The van der Waals surface area contributed by atoms with E-state index in [1.807, 2.05) is 24.3 Å². The third-order valence-electron chi connectivity index (χ3n) is 9.18. The van der Waals surface area contributed by atoms with Gasteiger partial charge < -0.3 is 0 Å². The molecule has 0 spiro atoms. The predicted octanol–water partition coefficient (Wildman–Crippen LogP) is 11.5. The summed E-state index contributed by atoms with van der Waals surface area (Å²) in [6.07, 6.45) is 9.88. The van der Waals surface area contributed by atoms with Gasteiger partial charge in [0.05, 0.1) is 0 Å². The van der Waals surface area contributed by atoms with Gasteiger partial charge in [-0.1, -0.05) is 124 Å². The second kappa shape index (κ2) is 11.5. The Morgan fingerprint density at radius 1 is 0.689 bits per heavy atom. The van der Waals surface area contributed by atoms with Crippen molar-refractivity contribution in [2.24, 2.45) is 0 Å². The quantitative estimate of drug-likeness (QED) is 0.179. The summed E-state index contributed by atoms with van der Waals surface area (Å²) in [5, 5.41) is 7.37. The average Bonchev–Trinajstić information content (AvgIpc) is 3.60. The van der Waals surface area contributed by atoms with Crippen molar-refractivity contribution in [2.75, 3.05) is 0 Å². The van der Waals surface area contributed by atoms with Crippen molar-refractivity contribution in [1.29, 1.82) is 0 Å². The Labute approximate surface area is 287 Å². The first-order valence-electron chi connectivity index (χ1n) is 15.4. The monoisotopic (exact) mass is 670 g/mol. The molecule has 6 rings (SSSR count). The molecule has 0 saturated heterocycles. The first-order valence-corrected chi connectivity index (χ1v) is 16.9. The van der Waals surface area contributed by atoms with Crippen LogP contribution in [0.3, 0.4) is 0 Å². The van der Waals surface area contributed by atoms with Crippen LogP contribution in [0.15, 0.2) is 66.8 Å². The molecule has 0 atom stereocenters. The number of hydrogen-bond donors (Lipinski definition) is 0. The van der Waals surface area contributed by atoms with E-state index in [1.54, 1.807) is 0 Å². The zero-order chi connectivity index (χ0) is 32.6. The van der Waals surface area contributed by atoms with Crippen molar-refractivity contribution < 1.29 is 0 Å². The molecule has 0 N–H and O–H groups in total. The molecule has 0 radical (unpaired) electrons. The highest BCUT2D eigenvalue weighted by atomic mass is 35.5. The van der Waals surface area contributed by atoms with Gasteiger partial charge in [0.1, 0.15) is 0 Å². The second-order valence-corrected chi connectivity index (χ2v) is 16.1. The Morgan fingerprint density at radius 3 is 1.80 bits per heavy atom. The standard InChI is InChI=1S/C41H38Cl4/c1-22-29(17-27(42)19-35(22)44)38(30-18-28(43)20-36(45)23(30)2)39-34(41(6,7)8)21-32-31-16-26(40(3,4)5)14-13-25(31)15-33(32)37(39)24-11-9-10-12-24/h9-11,13-21H,12H2,1-8H3. The van der Waals surface area contributed by atoms with E-state index in [1.165, 1.54) is 48.7 Å². The van der Waals surface area contributed by atoms with Gasteiger partial charge in [-0.25, -0.2) is 0 Å². The molecule has 45 heavy (non-hydrogen) atoms. The Balaban J connectivity index is 1.98. The Morgan fingerprint density at radius 2 is 1.29 bits per heavy atom. The minimum absolute atomic E-state index is 0.0407. The fourth-order valence-electron chi connectivity index (χ4n) is 6.65. The highest BCUT2D eigenvalue weighted by molar-refractivity contribution is 6.36. The van der Waals surface area contributed by atoms with E-state index >= 15 is 0 Å². The summed E-state index contributed by atoms with van der Waals surface area (Å²) < 4.78 is 0. The van der Waals surface area contributed by atoms with Crippen LogP contribution in [0.1, 0.15) is 92.5 Å². The fraction of sp³-hybridized carbons (Fsp3) is 0.268. The highest BCUT2D eigenvalue weighted by Crippen LogP contribution is 2.39. The lowest BCUT2D eigenvalue weighted by Gasteiger charge is -2.27. The van der Waals surface area contributed by atoms with Crippen LogP contribution >= 0.6 is 46.4 Å². The molecule has 0 saturated carbocycles. The molecule has 4 heteroatoms. The van der Waals surface area contributed by atoms with Crippen LogP contribution < -0.4 is 10.4 Å². The molecule has 0 fully saturated rings. The third-order valence-corrected chi connectivity index (χ3v) is 10.4. The number of hydrogen-bond acceptors (Lipinski definition) is 0. The third kappa shape index (κ3) is 5.74. The van der Waals surface area contributed by atoms with E-state index in [4.69, 9.17) is 46.4 Å². The summed E-state index contributed by atoms with van der Waals surface area (Å²) in [6, 6.07) is 17.1. The lowest BCUT2D eigenvalue weighted by molar-refractivity contribution is 0.584. The van der Waals surface area contributed by atoms with E-state index in [0.29, 0.717) is 20.1 Å². The van der Waals surface area contributed by atoms with Gasteiger partial charge >= 0.3 is 0 Å². The van der Waals surface area contributed by atoms with Gasteiger partial charge in [-0.05, 0) is 144 Å². The maximum atomic E-state index is 6.87.